The lowest BCUT2D eigenvalue weighted by Crippen LogP contribution is -2.44. The van der Waals surface area contributed by atoms with Gasteiger partial charge in [0.15, 0.2) is 0 Å². The fraction of sp³-hybridized carbons (Fsp3) is 0.647. The van der Waals surface area contributed by atoms with E-state index in [1.807, 2.05) is 11.8 Å². The third kappa shape index (κ3) is 4.54. The largest absolute Gasteiger partial charge is 0.311 e. The van der Waals surface area contributed by atoms with E-state index in [2.05, 4.69) is 50.4 Å². The lowest BCUT2D eigenvalue weighted by molar-refractivity contribution is 0.268. The second-order valence-corrected chi connectivity index (χ2v) is 7.22. The zero-order valence-electron chi connectivity index (χ0n) is 12.5. The summed E-state index contributed by atoms with van der Waals surface area (Å²) in [6.07, 6.45) is 3.92. The maximum absolute atomic E-state index is 3.77. The Hall–Kier alpha value is -0.470. The van der Waals surface area contributed by atoms with Gasteiger partial charge in [-0.1, -0.05) is 36.8 Å². The Bertz CT molecular complexity index is 367. The summed E-state index contributed by atoms with van der Waals surface area (Å²) >= 11 is 2.05. The second kappa shape index (κ2) is 7.35. The molecule has 19 heavy (non-hydrogen) atoms. The summed E-state index contributed by atoms with van der Waals surface area (Å²) < 4.78 is 0. The van der Waals surface area contributed by atoms with Crippen molar-refractivity contribution in [2.45, 2.75) is 58.0 Å². The first-order valence-corrected chi connectivity index (χ1v) is 8.75. The number of hydrogen-bond donors (Lipinski definition) is 1. The Morgan fingerprint density at radius 2 is 1.95 bits per heavy atom. The first kappa shape index (κ1) is 14.9. The zero-order chi connectivity index (χ0) is 13.7. The van der Waals surface area contributed by atoms with Crippen molar-refractivity contribution in [1.29, 1.82) is 0 Å². The normalized spacial score (nSPS) is 23.9. The van der Waals surface area contributed by atoms with E-state index >= 15 is 0 Å². The van der Waals surface area contributed by atoms with Gasteiger partial charge in [0.25, 0.3) is 0 Å². The number of aryl methyl sites for hydroxylation is 1. The van der Waals surface area contributed by atoms with Crippen LogP contribution in [0.25, 0.3) is 0 Å². The average Bonchev–Trinajstić information content (AvgIpc) is 2.35. The summed E-state index contributed by atoms with van der Waals surface area (Å²) in [5.41, 5.74) is 2.89. The molecule has 1 aromatic carbocycles. The van der Waals surface area contributed by atoms with Gasteiger partial charge in [-0.3, -0.25) is 0 Å². The summed E-state index contributed by atoms with van der Waals surface area (Å²) in [5, 5.41) is 3.77. The Kier molecular flexibility index (Phi) is 5.77. The third-order valence-corrected chi connectivity index (χ3v) is 5.04. The number of benzene rings is 1. The smallest absolute Gasteiger partial charge is 0.00812 e. The quantitative estimate of drug-likeness (QED) is 0.743. The highest BCUT2D eigenvalue weighted by atomic mass is 32.2. The van der Waals surface area contributed by atoms with Gasteiger partial charge in [0, 0.05) is 12.1 Å². The highest BCUT2D eigenvalue weighted by Crippen LogP contribution is 2.37. The van der Waals surface area contributed by atoms with Gasteiger partial charge in [0.1, 0.15) is 0 Å². The molecule has 2 heteroatoms. The summed E-state index contributed by atoms with van der Waals surface area (Å²) in [5.74, 6) is 3.32. The van der Waals surface area contributed by atoms with Crippen molar-refractivity contribution in [2.75, 3.05) is 11.5 Å². The van der Waals surface area contributed by atoms with Gasteiger partial charge >= 0.3 is 0 Å². The minimum absolute atomic E-state index is 0.669. The predicted molar refractivity (Wildman–Crippen MR) is 87.2 cm³/mol. The molecule has 1 aliphatic carbocycles. The van der Waals surface area contributed by atoms with E-state index in [4.69, 9.17) is 0 Å². The Morgan fingerprint density at radius 3 is 2.58 bits per heavy atom. The number of thioether (sulfide) groups is 1. The van der Waals surface area contributed by atoms with Gasteiger partial charge in [-0.05, 0) is 56.1 Å². The molecule has 1 aromatic rings. The van der Waals surface area contributed by atoms with Crippen molar-refractivity contribution < 1.29 is 0 Å². The molecule has 0 heterocycles. The third-order valence-electron chi connectivity index (χ3n) is 4.11. The molecule has 1 saturated carbocycles. The van der Waals surface area contributed by atoms with Gasteiger partial charge in [-0.15, -0.1) is 0 Å². The molecule has 0 aliphatic heterocycles. The van der Waals surface area contributed by atoms with Crippen LogP contribution in [-0.2, 0) is 0 Å². The van der Waals surface area contributed by atoms with Crippen LogP contribution in [0.2, 0.25) is 0 Å². The van der Waals surface area contributed by atoms with Crippen LogP contribution in [0.4, 0.5) is 0 Å². The van der Waals surface area contributed by atoms with Gasteiger partial charge in [-0.2, -0.15) is 11.8 Å². The second-order valence-electron chi connectivity index (χ2n) is 5.83. The molecule has 106 valence electrons. The van der Waals surface area contributed by atoms with Gasteiger partial charge in [0.05, 0.1) is 0 Å². The summed E-state index contributed by atoms with van der Waals surface area (Å²) in [7, 11) is 0. The number of nitrogens with one attached hydrogen (secondary N) is 1. The van der Waals surface area contributed by atoms with Crippen LogP contribution in [-0.4, -0.2) is 23.6 Å². The van der Waals surface area contributed by atoms with Crippen LogP contribution in [0, 0.1) is 6.92 Å². The van der Waals surface area contributed by atoms with Gasteiger partial charge in [0.2, 0.25) is 0 Å². The fourth-order valence-electron chi connectivity index (χ4n) is 2.75. The first-order chi connectivity index (χ1) is 9.19. The molecule has 2 rings (SSSR count). The molecular weight excluding hydrogens is 250 g/mol. The predicted octanol–water partition coefficient (Wildman–Crippen LogP) is 4.36. The number of rotatable bonds is 7. The van der Waals surface area contributed by atoms with Crippen LogP contribution in [0.5, 0.6) is 0 Å². The average molecular weight is 277 g/mol. The molecule has 0 amide bonds. The van der Waals surface area contributed by atoms with Gasteiger partial charge < -0.3 is 5.32 Å². The Balaban J connectivity index is 1.67. The molecule has 1 atom stereocenters. The standard InChI is InChI=1S/C17H27NS/c1-4-19-10-9-14(3)18-17-11-16(12-17)15-7-5-13(2)6-8-15/h5-8,14,16-18H,4,9-12H2,1-3H3. The molecule has 1 unspecified atom stereocenters. The lowest BCUT2D eigenvalue weighted by Gasteiger charge is -2.38. The van der Waals surface area contributed by atoms with Gasteiger partial charge in [-0.25, -0.2) is 0 Å². The topological polar surface area (TPSA) is 12.0 Å². The summed E-state index contributed by atoms with van der Waals surface area (Å²) in [4.78, 5) is 0. The minimum Gasteiger partial charge on any atom is -0.311 e. The van der Waals surface area contributed by atoms with E-state index in [9.17, 15) is 0 Å². The van der Waals surface area contributed by atoms with E-state index in [1.54, 1.807) is 0 Å². The minimum atomic E-state index is 0.669. The maximum Gasteiger partial charge on any atom is 0.00812 e. The van der Waals surface area contributed by atoms with Crippen molar-refractivity contribution >= 4 is 11.8 Å². The Morgan fingerprint density at radius 1 is 1.26 bits per heavy atom. The molecule has 0 bridgehead atoms. The van der Waals surface area contributed by atoms with E-state index < -0.39 is 0 Å². The Labute approximate surface area is 122 Å². The zero-order valence-corrected chi connectivity index (χ0v) is 13.3. The maximum atomic E-state index is 3.77. The highest BCUT2D eigenvalue weighted by Gasteiger charge is 2.30. The van der Waals surface area contributed by atoms with Crippen molar-refractivity contribution in [3.63, 3.8) is 0 Å². The van der Waals surface area contributed by atoms with E-state index in [0.29, 0.717) is 6.04 Å². The molecule has 0 aromatic heterocycles. The van der Waals surface area contributed by atoms with Crippen molar-refractivity contribution in [1.82, 2.24) is 5.32 Å². The SMILES string of the molecule is CCSCCC(C)NC1CC(c2ccc(C)cc2)C1. The van der Waals surface area contributed by atoms with Crippen LogP contribution in [0.15, 0.2) is 24.3 Å². The van der Waals surface area contributed by atoms with Crippen LogP contribution < -0.4 is 5.32 Å². The molecule has 1 N–H and O–H groups in total. The lowest BCUT2D eigenvalue weighted by atomic mass is 9.75. The molecule has 0 spiro atoms. The van der Waals surface area contributed by atoms with E-state index in [-0.39, 0.29) is 0 Å². The summed E-state index contributed by atoms with van der Waals surface area (Å²) in [6.45, 7) is 6.72. The van der Waals surface area contributed by atoms with E-state index in [1.165, 1.54) is 41.9 Å². The monoisotopic (exact) mass is 277 g/mol. The number of hydrogen-bond acceptors (Lipinski definition) is 2. The molecule has 0 saturated heterocycles. The van der Waals surface area contributed by atoms with Crippen LogP contribution in [0.3, 0.4) is 0 Å². The summed E-state index contributed by atoms with van der Waals surface area (Å²) in [6, 6.07) is 10.5. The van der Waals surface area contributed by atoms with Crippen LogP contribution in [0.1, 0.15) is 50.2 Å². The molecule has 1 fully saturated rings. The first-order valence-electron chi connectivity index (χ1n) is 7.59. The molecular formula is C17H27NS. The fourth-order valence-corrected chi connectivity index (χ4v) is 3.56. The molecule has 1 aliphatic rings. The molecule has 0 radical (unpaired) electrons. The highest BCUT2D eigenvalue weighted by molar-refractivity contribution is 7.99. The van der Waals surface area contributed by atoms with Crippen LogP contribution >= 0.6 is 11.8 Å². The van der Waals surface area contributed by atoms with E-state index in [0.717, 1.165) is 12.0 Å². The van der Waals surface area contributed by atoms with Crippen molar-refractivity contribution in [2.24, 2.45) is 0 Å². The van der Waals surface area contributed by atoms with Crippen molar-refractivity contribution in [3.05, 3.63) is 35.4 Å². The molecule has 1 nitrogen and oxygen atoms in total. The van der Waals surface area contributed by atoms with Crippen molar-refractivity contribution in [3.8, 4) is 0 Å².